The van der Waals surface area contributed by atoms with Crippen molar-refractivity contribution in [2.45, 2.75) is 35.5 Å². The van der Waals surface area contributed by atoms with Crippen LogP contribution < -0.4 is 5.32 Å². The number of carbonyl (C=O) groups is 1. The Bertz CT molecular complexity index is 915. The highest BCUT2D eigenvalue weighted by Crippen LogP contribution is 2.27. The third-order valence-electron chi connectivity index (χ3n) is 4.52. The highest BCUT2D eigenvalue weighted by atomic mass is 32.2. The largest absolute Gasteiger partial charge is 0.326 e. The van der Waals surface area contributed by atoms with Gasteiger partial charge in [-0.3, -0.25) is 14.9 Å². The van der Waals surface area contributed by atoms with Crippen LogP contribution in [0.15, 0.2) is 58.3 Å². The van der Waals surface area contributed by atoms with Gasteiger partial charge < -0.3 is 5.32 Å². The second-order valence-corrected chi connectivity index (χ2v) is 8.20. The van der Waals surface area contributed by atoms with Crippen molar-refractivity contribution in [3.05, 3.63) is 58.6 Å². The van der Waals surface area contributed by atoms with Gasteiger partial charge in [-0.2, -0.15) is 0 Å². The predicted molar refractivity (Wildman–Crippen MR) is 95.6 cm³/mol. The minimum absolute atomic E-state index is 0.0224. The van der Waals surface area contributed by atoms with Crippen LogP contribution in [-0.4, -0.2) is 19.2 Å². The van der Waals surface area contributed by atoms with E-state index in [0.29, 0.717) is 5.69 Å². The van der Waals surface area contributed by atoms with Gasteiger partial charge in [-0.05, 0) is 49.2 Å². The smallest absolute Gasteiger partial charge is 0.269 e. The standard InChI is InChI=1S/C18H18N2O5S/c21-18(13-3-1-2-4-13)19-14-5-9-16(10-6-14)26(24,25)17-11-7-15(8-12-17)20(22)23/h5-13H,1-4H2,(H,19,21). The summed E-state index contributed by atoms with van der Waals surface area (Å²) in [5.74, 6) is -0.00741. The van der Waals surface area contributed by atoms with Crippen LogP contribution in [0.25, 0.3) is 0 Å². The molecule has 0 radical (unpaired) electrons. The molecule has 136 valence electrons. The van der Waals surface area contributed by atoms with E-state index in [0.717, 1.165) is 37.8 Å². The highest BCUT2D eigenvalue weighted by Gasteiger charge is 2.23. The minimum Gasteiger partial charge on any atom is -0.326 e. The lowest BCUT2D eigenvalue weighted by Crippen LogP contribution is -2.20. The fourth-order valence-corrected chi connectivity index (χ4v) is 4.29. The number of nitro groups is 1. The fraction of sp³-hybridized carbons (Fsp3) is 0.278. The van der Waals surface area contributed by atoms with Gasteiger partial charge in [0.05, 0.1) is 14.7 Å². The molecular formula is C18H18N2O5S. The molecule has 2 aromatic rings. The third-order valence-corrected chi connectivity index (χ3v) is 6.30. The number of non-ortho nitro benzene ring substituents is 1. The molecule has 3 rings (SSSR count). The summed E-state index contributed by atoms with van der Waals surface area (Å²) in [5.41, 5.74) is 0.374. The van der Waals surface area contributed by atoms with Crippen LogP contribution in [0.2, 0.25) is 0 Å². The number of hydrogen-bond donors (Lipinski definition) is 1. The molecule has 1 amide bonds. The van der Waals surface area contributed by atoms with Crippen molar-refractivity contribution in [1.29, 1.82) is 0 Å². The minimum atomic E-state index is -3.78. The number of hydrogen-bond acceptors (Lipinski definition) is 5. The Balaban J connectivity index is 1.76. The van der Waals surface area contributed by atoms with Crippen molar-refractivity contribution < 1.29 is 18.1 Å². The van der Waals surface area contributed by atoms with Crippen molar-refractivity contribution in [3.63, 3.8) is 0 Å². The number of anilines is 1. The summed E-state index contributed by atoms with van der Waals surface area (Å²) >= 11 is 0. The molecule has 0 bridgehead atoms. The van der Waals surface area contributed by atoms with Crippen LogP contribution >= 0.6 is 0 Å². The SMILES string of the molecule is O=C(Nc1ccc(S(=O)(=O)c2ccc([N+](=O)[O-])cc2)cc1)C1CCCC1. The molecule has 8 heteroatoms. The van der Waals surface area contributed by atoms with Crippen molar-refractivity contribution in [2.24, 2.45) is 5.92 Å². The number of sulfone groups is 1. The molecular weight excluding hydrogens is 356 g/mol. The Morgan fingerprint density at radius 1 is 0.962 bits per heavy atom. The van der Waals surface area contributed by atoms with Gasteiger partial charge in [0.1, 0.15) is 0 Å². The average molecular weight is 374 g/mol. The first-order chi connectivity index (χ1) is 12.4. The average Bonchev–Trinajstić information content (AvgIpc) is 3.17. The maximum atomic E-state index is 12.6. The van der Waals surface area contributed by atoms with Gasteiger partial charge >= 0.3 is 0 Å². The molecule has 1 saturated carbocycles. The maximum absolute atomic E-state index is 12.6. The molecule has 1 fully saturated rings. The zero-order valence-corrected chi connectivity index (χ0v) is 14.7. The van der Waals surface area contributed by atoms with E-state index < -0.39 is 14.8 Å². The molecule has 7 nitrogen and oxygen atoms in total. The maximum Gasteiger partial charge on any atom is 0.269 e. The molecule has 0 aromatic heterocycles. The Morgan fingerprint density at radius 3 is 1.96 bits per heavy atom. The number of nitro benzene ring substituents is 1. The van der Waals surface area contributed by atoms with E-state index in [-0.39, 0.29) is 27.3 Å². The topological polar surface area (TPSA) is 106 Å². The summed E-state index contributed by atoms with van der Waals surface area (Å²) in [7, 11) is -3.78. The lowest BCUT2D eigenvalue weighted by atomic mass is 10.1. The monoisotopic (exact) mass is 374 g/mol. The molecule has 1 aliphatic carbocycles. The first-order valence-electron chi connectivity index (χ1n) is 8.28. The molecule has 0 aliphatic heterocycles. The lowest BCUT2D eigenvalue weighted by molar-refractivity contribution is -0.384. The van der Waals surface area contributed by atoms with E-state index in [9.17, 15) is 23.3 Å². The van der Waals surface area contributed by atoms with E-state index in [1.807, 2.05) is 0 Å². The van der Waals surface area contributed by atoms with Gasteiger partial charge in [0.2, 0.25) is 15.7 Å². The molecule has 26 heavy (non-hydrogen) atoms. The Morgan fingerprint density at radius 2 is 1.46 bits per heavy atom. The zero-order chi connectivity index (χ0) is 18.7. The molecule has 1 N–H and O–H groups in total. The normalized spacial score (nSPS) is 14.9. The van der Waals surface area contributed by atoms with Crippen molar-refractivity contribution >= 4 is 27.1 Å². The molecule has 0 spiro atoms. The van der Waals surface area contributed by atoms with E-state index in [2.05, 4.69) is 5.32 Å². The van der Waals surface area contributed by atoms with E-state index in [4.69, 9.17) is 0 Å². The number of rotatable bonds is 5. The summed E-state index contributed by atoms with van der Waals surface area (Å²) in [4.78, 5) is 22.2. The van der Waals surface area contributed by atoms with Gasteiger partial charge in [-0.25, -0.2) is 8.42 Å². The van der Waals surface area contributed by atoms with E-state index in [1.54, 1.807) is 12.1 Å². The van der Waals surface area contributed by atoms with E-state index in [1.165, 1.54) is 24.3 Å². The number of nitrogens with one attached hydrogen (secondary N) is 1. The van der Waals surface area contributed by atoms with Crippen LogP contribution in [0.1, 0.15) is 25.7 Å². The number of benzene rings is 2. The van der Waals surface area contributed by atoms with Crippen molar-refractivity contribution in [2.75, 3.05) is 5.32 Å². The lowest BCUT2D eigenvalue weighted by Gasteiger charge is -2.11. The van der Waals surface area contributed by atoms with Crippen LogP contribution in [0, 0.1) is 16.0 Å². The van der Waals surface area contributed by atoms with Crippen LogP contribution in [-0.2, 0) is 14.6 Å². The van der Waals surface area contributed by atoms with Gasteiger partial charge in [0.15, 0.2) is 0 Å². The Hall–Kier alpha value is -2.74. The van der Waals surface area contributed by atoms with Crippen LogP contribution in [0.5, 0.6) is 0 Å². The Kier molecular flexibility index (Phi) is 5.03. The second kappa shape index (κ2) is 7.25. The summed E-state index contributed by atoms with van der Waals surface area (Å²) < 4.78 is 25.2. The van der Waals surface area contributed by atoms with Crippen molar-refractivity contribution in [3.8, 4) is 0 Å². The van der Waals surface area contributed by atoms with Crippen LogP contribution in [0.4, 0.5) is 11.4 Å². The Labute approximate surface area is 151 Å². The van der Waals surface area contributed by atoms with Gasteiger partial charge in [-0.1, -0.05) is 12.8 Å². The van der Waals surface area contributed by atoms with Gasteiger partial charge in [-0.15, -0.1) is 0 Å². The zero-order valence-electron chi connectivity index (χ0n) is 13.9. The molecule has 2 aromatic carbocycles. The number of carbonyl (C=O) groups excluding carboxylic acids is 1. The summed E-state index contributed by atoms with van der Waals surface area (Å²) in [6, 6.07) is 10.7. The summed E-state index contributed by atoms with van der Waals surface area (Å²) in [6.45, 7) is 0. The molecule has 0 unspecified atom stereocenters. The molecule has 0 atom stereocenters. The number of nitrogens with zero attached hydrogens (tertiary/aromatic N) is 1. The first kappa shape index (κ1) is 18.1. The molecule has 0 heterocycles. The van der Waals surface area contributed by atoms with Gasteiger partial charge in [0.25, 0.3) is 5.69 Å². The van der Waals surface area contributed by atoms with Gasteiger partial charge in [0, 0.05) is 23.7 Å². The predicted octanol–water partition coefficient (Wildman–Crippen LogP) is 3.56. The third kappa shape index (κ3) is 3.75. The highest BCUT2D eigenvalue weighted by molar-refractivity contribution is 7.91. The quantitative estimate of drug-likeness (QED) is 0.636. The summed E-state index contributed by atoms with van der Waals surface area (Å²) in [5, 5.41) is 13.5. The van der Waals surface area contributed by atoms with Crippen molar-refractivity contribution in [1.82, 2.24) is 0 Å². The first-order valence-corrected chi connectivity index (χ1v) is 9.77. The van der Waals surface area contributed by atoms with Crippen LogP contribution in [0.3, 0.4) is 0 Å². The summed E-state index contributed by atoms with van der Waals surface area (Å²) in [6.07, 6.45) is 3.89. The second-order valence-electron chi connectivity index (χ2n) is 6.25. The number of amides is 1. The fourth-order valence-electron chi connectivity index (χ4n) is 3.03. The molecule has 1 aliphatic rings. The molecule has 0 saturated heterocycles. The van der Waals surface area contributed by atoms with E-state index >= 15 is 0 Å².